The van der Waals surface area contributed by atoms with E-state index in [9.17, 15) is 21.6 Å². The van der Waals surface area contributed by atoms with Crippen molar-refractivity contribution in [3.05, 3.63) is 41.7 Å². The normalized spacial score (nSPS) is 17.0. The number of piperidine rings is 1. The Labute approximate surface area is 162 Å². The van der Waals surface area contributed by atoms with Crippen LogP contribution in [0, 0.1) is 19.8 Å². The molecule has 1 aliphatic heterocycles. The molecule has 0 amide bonds. The number of alkyl halides is 3. The summed E-state index contributed by atoms with van der Waals surface area (Å²) in [6, 6.07) is 6.30. The Morgan fingerprint density at radius 1 is 1.14 bits per heavy atom. The van der Waals surface area contributed by atoms with Crippen LogP contribution in [0.3, 0.4) is 0 Å². The van der Waals surface area contributed by atoms with Gasteiger partial charge in [0.05, 0.1) is 10.6 Å². The van der Waals surface area contributed by atoms with E-state index in [0.29, 0.717) is 31.8 Å². The van der Waals surface area contributed by atoms with Crippen LogP contribution < -0.4 is 4.74 Å². The van der Waals surface area contributed by atoms with E-state index in [-0.39, 0.29) is 4.90 Å². The monoisotopic (exact) mass is 417 g/mol. The van der Waals surface area contributed by atoms with E-state index in [1.165, 1.54) is 4.31 Å². The summed E-state index contributed by atoms with van der Waals surface area (Å²) in [5.41, 5.74) is 2.03. The molecule has 0 bridgehead atoms. The molecule has 0 unspecified atom stereocenters. The number of rotatable bonds is 5. The van der Waals surface area contributed by atoms with Crippen molar-refractivity contribution < 1.29 is 26.3 Å². The molecule has 6 nitrogen and oxygen atoms in total. The van der Waals surface area contributed by atoms with Gasteiger partial charge in [-0.1, -0.05) is 0 Å². The Hall–Kier alpha value is -2.07. The van der Waals surface area contributed by atoms with E-state index < -0.39 is 22.1 Å². The molecule has 1 aromatic carbocycles. The van der Waals surface area contributed by atoms with Crippen LogP contribution in [0.15, 0.2) is 35.2 Å². The second-order valence-corrected chi connectivity index (χ2v) is 8.91. The highest BCUT2D eigenvalue weighted by atomic mass is 32.2. The SMILES string of the molecule is Cc1cc(C)n(CC2CCN(S(=O)(=O)c3ccc(OC(F)(F)F)cc3)CC2)n1. The quantitative estimate of drug-likeness (QED) is 0.747. The average molecular weight is 417 g/mol. The first-order chi connectivity index (χ1) is 13.0. The highest BCUT2D eigenvalue weighted by Gasteiger charge is 2.32. The molecule has 1 saturated heterocycles. The van der Waals surface area contributed by atoms with E-state index in [2.05, 4.69) is 9.84 Å². The maximum absolute atomic E-state index is 12.8. The zero-order valence-corrected chi connectivity index (χ0v) is 16.4. The second-order valence-electron chi connectivity index (χ2n) is 6.98. The van der Waals surface area contributed by atoms with Crippen molar-refractivity contribution in [2.75, 3.05) is 13.1 Å². The highest BCUT2D eigenvalue weighted by molar-refractivity contribution is 7.89. The lowest BCUT2D eigenvalue weighted by molar-refractivity contribution is -0.274. The smallest absolute Gasteiger partial charge is 0.406 e. The highest BCUT2D eigenvalue weighted by Crippen LogP contribution is 2.28. The molecule has 1 aliphatic rings. The van der Waals surface area contributed by atoms with Gasteiger partial charge in [0, 0.05) is 25.3 Å². The molecule has 3 rings (SSSR count). The first-order valence-electron chi connectivity index (χ1n) is 8.91. The fourth-order valence-corrected chi connectivity index (χ4v) is 4.87. The first-order valence-corrected chi connectivity index (χ1v) is 10.4. The fraction of sp³-hybridized carbons (Fsp3) is 0.500. The molecule has 154 valence electrons. The van der Waals surface area contributed by atoms with Crippen molar-refractivity contribution in [2.45, 2.75) is 44.5 Å². The van der Waals surface area contributed by atoms with Crippen LogP contribution in [0.1, 0.15) is 24.2 Å². The predicted molar refractivity (Wildman–Crippen MR) is 96.3 cm³/mol. The van der Waals surface area contributed by atoms with E-state index >= 15 is 0 Å². The van der Waals surface area contributed by atoms with E-state index in [1.807, 2.05) is 24.6 Å². The largest absolute Gasteiger partial charge is 0.573 e. The molecule has 10 heteroatoms. The van der Waals surface area contributed by atoms with Crippen LogP contribution in [0.4, 0.5) is 13.2 Å². The molecule has 1 aromatic heterocycles. The van der Waals surface area contributed by atoms with Crippen molar-refractivity contribution in [3.63, 3.8) is 0 Å². The summed E-state index contributed by atoms with van der Waals surface area (Å²) in [6.45, 7) is 5.41. The molecule has 0 atom stereocenters. The van der Waals surface area contributed by atoms with E-state index in [4.69, 9.17) is 0 Å². The summed E-state index contributed by atoms with van der Waals surface area (Å²) in [5, 5.41) is 4.45. The van der Waals surface area contributed by atoms with Gasteiger partial charge in [-0.2, -0.15) is 9.40 Å². The minimum absolute atomic E-state index is 0.0426. The van der Waals surface area contributed by atoms with E-state index in [0.717, 1.165) is 42.2 Å². The summed E-state index contributed by atoms with van der Waals surface area (Å²) in [6.07, 6.45) is -3.41. The number of ether oxygens (including phenoxy) is 1. The van der Waals surface area contributed by atoms with Crippen LogP contribution >= 0.6 is 0 Å². The molecular weight excluding hydrogens is 395 g/mol. The topological polar surface area (TPSA) is 64.4 Å². The average Bonchev–Trinajstić information content (AvgIpc) is 2.91. The molecule has 2 heterocycles. The third-order valence-corrected chi connectivity index (χ3v) is 6.72. The standard InChI is InChI=1S/C18H22F3N3O3S/c1-13-11-14(2)24(22-13)12-15-7-9-23(10-8-15)28(25,26)17-5-3-16(4-6-17)27-18(19,20)21/h3-6,11,15H,7-10,12H2,1-2H3. The van der Waals surface area contributed by atoms with Crippen LogP contribution in [0.5, 0.6) is 5.75 Å². The molecule has 0 radical (unpaired) electrons. The van der Waals surface area contributed by atoms with Gasteiger partial charge in [0.2, 0.25) is 10.0 Å². The van der Waals surface area contributed by atoms with Gasteiger partial charge in [0.15, 0.2) is 0 Å². The Kier molecular flexibility index (Phi) is 5.72. The number of nitrogens with zero attached hydrogens (tertiary/aromatic N) is 3. The van der Waals surface area contributed by atoms with Crippen molar-refractivity contribution in [2.24, 2.45) is 5.92 Å². The maximum atomic E-state index is 12.8. The first kappa shape index (κ1) is 20.7. The third kappa shape index (κ3) is 4.85. The molecule has 0 N–H and O–H groups in total. The summed E-state index contributed by atoms with van der Waals surface area (Å²) >= 11 is 0. The Balaban J connectivity index is 1.62. The summed E-state index contributed by atoms with van der Waals surface area (Å²) < 4.78 is 69.3. The molecule has 0 saturated carbocycles. The van der Waals surface area contributed by atoms with Crippen molar-refractivity contribution in [3.8, 4) is 5.75 Å². The maximum Gasteiger partial charge on any atom is 0.573 e. The number of aryl methyl sites for hydroxylation is 2. The number of hydrogen-bond acceptors (Lipinski definition) is 4. The van der Waals surface area contributed by atoms with Gasteiger partial charge >= 0.3 is 6.36 Å². The zero-order chi connectivity index (χ0) is 20.5. The van der Waals surface area contributed by atoms with Crippen molar-refractivity contribution in [1.82, 2.24) is 14.1 Å². The molecule has 1 fully saturated rings. The Bertz CT molecular complexity index is 916. The van der Waals surface area contributed by atoms with Crippen LogP contribution in [-0.4, -0.2) is 42.0 Å². The lowest BCUT2D eigenvalue weighted by atomic mass is 9.98. The summed E-state index contributed by atoms with van der Waals surface area (Å²) in [7, 11) is -3.75. The number of sulfonamides is 1. The number of aromatic nitrogens is 2. The number of hydrogen-bond donors (Lipinski definition) is 0. The van der Waals surface area contributed by atoms with Crippen LogP contribution in [-0.2, 0) is 16.6 Å². The van der Waals surface area contributed by atoms with Gasteiger partial charge in [-0.05, 0) is 62.9 Å². The molecule has 28 heavy (non-hydrogen) atoms. The Morgan fingerprint density at radius 2 is 1.75 bits per heavy atom. The Morgan fingerprint density at radius 3 is 2.25 bits per heavy atom. The third-order valence-electron chi connectivity index (χ3n) is 4.80. The minimum Gasteiger partial charge on any atom is -0.406 e. The van der Waals surface area contributed by atoms with Gasteiger partial charge < -0.3 is 4.74 Å². The second kappa shape index (κ2) is 7.75. The molecular formula is C18H22F3N3O3S. The number of benzene rings is 1. The van der Waals surface area contributed by atoms with Gasteiger partial charge in [-0.25, -0.2) is 8.42 Å². The van der Waals surface area contributed by atoms with Crippen LogP contribution in [0.2, 0.25) is 0 Å². The predicted octanol–water partition coefficient (Wildman–Crippen LogP) is 3.50. The van der Waals surface area contributed by atoms with Gasteiger partial charge in [0.25, 0.3) is 0 Å². The molecule has 0 aliphatic carbocycles. The lowest BCUT2D eigenvalue weighted by Crippen LogP contribution is -2.39. The lowest BCUT2D eigenvalue weighted by Gasteiger charge is -2.31. The van der Waals surface area contributed by atoms with Crippen LogP contribution in [0.25, 0.3) is 0 Å². The van der Waals surface area contributed by atoms with E-state index in [1.54, 1.807) is 0 Å². The minimum atomic E-state index is -4.81. The van der Waals surface area contributed by atoms with Crippen molar-refractivity contribution >= 4 is 10.0 Å². The fourth-order valence-electron chi connectivity index (χ4n) is 3.40. The van der Waals surface area contributed by atoms with Crippen molar-refractivity contribution in [1.29, 1.82) is 0 Å². The van der Waals surface area contributed by atoms with Gasteiger partial charge in [-0.3, -0.25) is 4.68 Å². The summed E-state index contributed by atoms with van der Waals surface area (Å²) in [4.78, 5) is -0.0426. The molecule has 0 spiro atoms. The summed E-state index contributed by atoms with van der Waals surface area (Å²) in [5.74, 6) is -0.123. The van der Waals surface area contributed by atoms with Gasteiger partial charge in [-0.15, -0.1) is 13.2 Å². The zero-order valence-electron chi connectivity index (χ0n) is 15.6. The van der Waals surface area contributed by atoms with Gasteiger partial charge in [0.1, 0.15) is 5.75 Å². The number of halogens is 3. The molecule has 2 aromatic rings.